The van der Waals surface area contributed by atoms with Gasteiger partial charge in [-0.15, -0.1) is 11.8 Å². The quantitative estimate of drug-likeness (QED) is 0.773. The number of amides is 1. The zero-order valence-corrected chi connectivity index (χ0v) is 12.1. The number of benzene rings is 1. The van der Waals surface area contributed by atoms with Gasteiger partial charge in [-0.1, -0.05) is 12.1 Å². The summed E-state index contributed by atoms with van der Waals surface area (Å²) in [5, 5.41) is 11.3. The Morgan fingerprint density at radius 3 is 2.60 bits per heavy atom. The molecule has 0 fully saturated rings. The molecule has 0 heterocycles. The zero-order valence-electron chi connectivity index (χ0n) is 11.3. The molecule has 1 unspecified atom stereocenters. The van der Waals surface area contributed by atoms with E-state index < -0.39 is 5.97 Å². The van der Waals surface area contributed by atoms with Crippen LogP contribution in [0.15, 0.2) is 24.3 Å². The molecule has 6 heteroatoms. The minimum absolute atomic E-state index is 0.0458. The van der Waals surface area contributed by atoms with Gasteiger partial charge in [0.2, 0.25) is 5.91 Å². The predicted molar refractivity (Wildman–Crippen MR) is 77.0 cm³/mol. The second kappa shape index (κ2) is 8.58. The molecule has 1 amide bonds. The third kappa shape index (κ3) is 7.13. The molecule has 0 aromatic heterocycles. The number of thioether (sulfide) groups is 1. The number of hydrogen-bond acceptors (Lipinski definition) is 3. The number of carbonyl (C=O) groups excluding carboxylic acids is 1. The van der Waals surface area contributed by atoms with E-state index >= 15 is 0 Å². The van der Waals surface area contributed by atoms with Crippen molar-refractivity contribution < 1.29 is 19.1 Å². The van der Waals surface area contributed by atoms with E-state index in [9.17, 15) is 14.0 Å². The summed E-state index contributed by atoms with van der Waals surface area (Å²) in [7, 11) is 0. The number of carboxylic acid groups (broad SMARTS) is 1. The molecule has 0 spiro atoms. The first-order chi connectivity index (χ1) is 9.47. The van der Waals surface area contributed by atoms with Crippen LogP contribution in [0.4, 0.5) is 4.39 Å². The number of carbonyl (C=O) groups is 2. The zero-order chi connectivity index (χ0) is 15.0. The van der Waals surface area contributed by atoms with Crippen LogP contribution >= 0.6 is 11.8 Å². The highest BCUT2D eigenvalue weighted by molar-refractivity contribution is 7.99. The fourth-order valence-electron chi connectivity index (χ4n) is 1.57. The van der Waals surface area contributed by atoms with Crippen molar-refractivity contribution in [2.45, 2.75) is 31.6 Å². The van der Waals surface area contributed by atoms with Crippen LogP contribution in [0.5, 0.6) is 0 Å². The lowest BCUT2D eigenvalue weighted by Gasteiger charge is -2.12. The van der Waals surface area contributed by atoms with Crippen LogP contribution in [0.1, 0.15) is 25.3 Å². The number of aliphatic carboxylic acids is 1. The van der Waals surface area contributed by atoms with E-state index in [4.69, 9.17) is 5.11 Å². The fourth-order valence-corrected chi connectivity index (χ4v) is 2.37. The van der Waals surface area contributed by atoms with Crippen molar-refractivity contribution in [3.05, 3.63) is 35.6 Å². The van der Waals surface area contributed by atoms with Crippen LogP contribution in [0, 0.1) is 5.82 Å². The molecule has 2 N–H and O–H groups in total. The van der Waals surface area contributed by atoms with Gasteiger partial charge in [0.05, 0.1) is 5.75 Å². The van der Waals surface area contributed by atoms with Crippen LogP contribution in [0.25, 0.3) is 0 Å². The Morgan fingerprint density at radius 2 is 2.00 bits per heavy atom. The second-order valence-electron chi connectivity index (χ2n) is 4.52. The van der Waals surface area contributed by atoms with E-state index in [-0.39, 0.29) is 24.2 Å². The van der Waals surface area contributed by atoms with Crippen molar-refractivity contribution in [1.82, 2.24) is 5.32 Å². The molecule has 4 nitrogen and oxygen atoms in total. The molecule has 0 saturated heterocycles. The van der Waals surface area contributed by atoms with Crippen molar-refractivity contribution in [2.75, 3.05) is 5.75 Å². The van der Waals surface area contributed by atoms with Crippen molar-refractivity contribution in [2.24, 2.45) is 0 Å². The van der Waals surface area contributed by atoms with Gasteiger partial charge in [-0.05, 0) is 31.0 Å². The molecule has 0 saturated carbocycles. The van der Waals surface area contributed by atoms with Gasteiger partial charge in [-0.25, -0.2) is 4.39 Å². The number of halogens is 1. The Bertz CT molecular complexity index is 450. The van der Waals surface area contributed by atoms with Gasteiger partial charge in [-0.3, -0.25) is 9.59 Å². The van der Waals surface area contributed by atoms with Crippen LogP contribution in [0.2, 0.25) is 0 Å². The van der Waals surface area contributed by atoms with E-state index in [1.807, 2.05) is 0 Å². The number of hydrogen-bond donors (Lipinski definition) is 2. The number of rotatable bonds is 8. The lowest BCUT2D eigenvalue weighted by Crippen LogP contribution is -2.34. The summed E-state index contributed by atoms with van der Waals surface area (Å²) in [4.78, 5) is 22.0. The minimum atomic E-state index is -0.864. The largest absolute Gasteiger partial charge is 0.481 e. The lowest BCUT2D eigenvalue weighted by molar-refractivity contribution is -0.137. The van der Waals surface area contributed by atoms with Gasteiger partial charge in [0.15, 0.2) is 0 Å². The summed E-state index contributed by atoms with van der Waals surface area (Å²) >= 11 is 1.44. The maximum atomic E-state index is 12.7. The first-order valence-electron chi connectivity index (χ1n) is 6.30. The number of nitrogens with one attached hydrogen (secondary N) is 1. The predicted octanol–water partition coefficient (Wildman–Crippen LogP) is 2.43. The van der Waals surface area contributed by atoms with Crippen molar-refractivity contribution in [3.8, 4) is 0 Å². The fraction of sp³-hybridized carbons (Fsp3) is 0.429. The Kier molecular flexibility index (Phi) is 7.08. The molecule has 1 aromatic carbocycles. The molecule has 1 atom stereocenters. The summed E-state index contributed by atoms with van der Waals surface area (Å²) in [6.45, 7) is 1.78. The van der Waals surface area contributed by atoms with Crippen LogP contribution in [-0.4, -0.2) is 28.8 Å². The first kappa shape index (κ1) is 16.5. The molecule has 0 aliphatic carbocycles. The third-order valence-corrected chi connectivity index (χ3v) is 3.62. The highest BCUT2D eigenvalue weighted by Crippen LogP contribution is 2.12. The molecule has 1 rings (SSSR count). The summed E-state index contributed by atoms with van der Waals surface area (Å²) in [6, 6.07) is 6.02. The molecule has 0 bridgehead atoms. The molecule has 20 heavy (non-hydrogen) atoms. The first-order valence-corrected chi connectivity index (χ1v) is 7.46. The van der Waals surface area contributed by atoms with Crippen molar-refractivity contribution >= 4 is 23.6 Å². The van der Waals surface area contributed by atoms with Crippen LogP contribution in [0.3, 0.4) is 0 Å². The Morgan fingerprint density at radius 1 is 1.35 bits per heavy atom. The van der Waals surface area contributed by atoms with E-state index in [1.165, 1.54) is 23.9 Å². The monoisotopic (exact) mass is 299 g/mol. The van der Waals surface area contributed by atoms with Crippen molar-refractivity contribution in [3.63, 3.8) is 0 Å². The Hall–Kier alpha value is -1.56. The van der Waals surface area contributed by atoms with E-state index in [0.29, 0.717) is 17.9 Å². The molecule has 0 aliphatic rings. The molecular weight excluding hydrogens is 281 g/mol. The summed E-state index contributed by atoms with van der Waals surface area (Å²) < 4.78 is 12.7. The molecule has 0 aliphatic heterocycles. The normalized spacial score (nSPS) is 11.9. The van der Waals surface area contributed by atoms with E-state index in [2.05, 4.69) is 5.32 Å². The maximum absolute atomic E-state index is 12.7. The van der Waals surface area contributed by atoms with Crippen LogP contribution < -0.4 is 5.32 Å². The second-order valence-corrected chi connectivity index (χ2v) is 5.51. The summed E-state index contributed by atoms with van der Waals surface area (Å²) in [5.41, 5.74) is 0.961. The van der Waals surface area contributed by atoms with Crippen molar-refractivity contribution in [1.29, 1.82) is 0 Å². The van der Waals surface area contributed by atoms with Gasteiger partial charge < -0.3 is 10.4 Å². The van der Waals surface area contributed by atoms with E-state index in [1.54, 1.807) is 19.1 Å². The smallest absolute Gasteiger partial charge is 0.303 e. The average molecular weight is 299 g/mol. The van der Waals surface area contributed by atoms with Gasteiger partial charge >= 0.3 is 5.97 Å². The molecule has 0 radical (unpaired) electrons. The Balaban J connectivity index is 2.19. The maximum Gasteiger partial charge on any atom is 0.303 e. The van der Waals surface area contributed by atoms with Gasteiger partial charge in [0, 0.05) is 18.2 Å². The number of carboxylic acids is 1. The molecular formula is C14H18FNO3S. The van der Waals surface area contributed by atoms with E-state index in [0.717, 1.165) is 5.56 Å². The topological polar surface area (TPSA) is 66.4 Å². The SMILES string of the molecule is CC(CCC(=O)O)NC(=O)CSCc1ccc(F)cc1. The minimum Gasteiger partial charge on any atom is -0.481 e. The standard InChI is InChI=1S/C14H18FNO3S/c1-10(2-7-14(18)19)16-13(17)9-20-8-11-3-5-12(15)6-4-11/h3-6,10H,2,7-9H2,1H3,(H,16,17)(H,18,19). The highest BCUT2D eigenvalue weighted by atomic mass is 32.2. The lowest BCUT2D eigenvalue weighted by atomic mass is 10.2. The van der Waals surface area contributed by atoms with Gasteiger partial charge in [0.1, 0.15) is 5.82 Å². The third-order valence-electron chi connectivity index (χ3n) is 2.61. The van der Waals surface area contributed by atoms with Gasteiger partial charge in [-0.2, -0.15) is 0 Å². The average Bonchev–Trinajstić information content (AvgIpc) is 2.38. The molecule has 110 valence electrons. The summed E-state index contributed by atoms with van der Waals surface area (Å²) in [5.74, 6) is -0.318. The Labute approximate surface area is 121 Å². The summed E-state index contributed by atoms with van der Waals surface area (Å²) in [6.07, 6.45) is 0.466. The van der Waals surface area contributed by atoms with Crippen LogP contribution in [-0.2, 0) is 15.3 Å². The molecule has 1 aromatic rings. The van der Waals surface area contributed by atoms with Gasteiger partial charge in [0.25, 0.3) is 0 Å². The highest BCUT2D eigenvalue weighted by Gasteiger charge is 2.09.